The van der Waals surface area contributed by atoms with Crippen molar-refractivity contribution in [2.45, 2.75) is 40.7 Å². The molecule has 0 saturated carbocycles. The lowest BCUT2D eigenvalue weighted by molar-refractivity contribution is 0.899. The molecule has 1 N–H and O–H groups in total. The highest BCUT2D eigenvalue weighted by atomic mass is 14.9. The molecule has 13 heavy (non-hydrogen) atoms. The van der Waals surface area contributed by atoms with Crippen molar-refractivity contribution in [3.63, 3.8) is 0 Å². The largest absolute Gasteiger partial charge is 0.383 e. The molecule has 0 aromatic heterocycles. The van der Waals surface area contributed by atoms with E-state index in [1.165, 1.54) is 11.3 Å². The zero-order chi connectivity index (χ0) is 10.3. The lowest BCUT2D eigenvalue weighted by atomic mass is 10.2. The van der Waals surface area contributed by atoms with Crippen molar-refractivity contribution in [3.05, 3.63) is 29.8 Å². The Morgan fingerprint density at radius 3 is 1.85 bits per heavy atom. The van der Waals surface area contributed by atoms with Crippen molar-refractivity contribution in [2.24, 2.45) is 0 Å². The summed E-state index contributed by atoms with van der Waals surface area (Å²) in [5, 5.41) is 3.33. The Balaban J connectivity index is 0.000000671. The van der Waals surface area contributed by atoms with Gasteiger partial charge in [0.1, 0.15) is 0 Å². The van der Waals surface area contributed by atoms with Crippen molar-refractivity contribution in [2.75, 3.05) is 5.32 Å². The zero-order valence-corrected chi connectivity index (χ0v) is 9.39. The number of benzene rings is 1. The molecular formula is C12H21N. The maximum absolute atomic E-state index is 3.33. The first-order valence-corrected chi connectivity index (χ1v) is 5.01. The Kier molecular flexibility index (Phi) is 6.03. The van der Waals surface area contributed by atoms with Gasteiger partial charge in [-0.15, -0.1) is 0 Å². The lowest BCUT2D eigenvalue weighted by Crippen LogP contribution is -2.09. The summed E-state index contributed by atoms with van der Waals surface area (Å²) >= 11 is 0. The van der Waals surface area contributed by atoms with Crippen LogP contribution in [0.4, 0.5) is 5.69 Å². The normalized spacial score (nSPS) is 9.08. The van der Waals surface area contributed by atoms with Crippen LogP contribution in [0.3, 0.4) is 0 Å². The van der Waals surface area contributed by atoms with Crippen LogP contribution >= 0.6 is 0 Å². The summed E-state index contributed by atoms with van der Waals surface area (Å²) in [6, 6.07) is 8.96. The summed E-state index contributed by atoms with van der Waals surface area (Å²) < 4.78 is 0. The Hall–Kier alpha value is -0.980. The summed E-state index contributed by atoms with van der Waals surface area (Å²) in [6.45, 7) is 10.4. The summed E-state index contributed by atoms with van der Waals surface area (Å²) in [7, 11) is 0. The molecule has 0 unspecified atom stereocenters. The predicted molar refractivity (Wildman–Crippen MR) is 61.3 cm³/mol. The van der Waals surface area contributed by atoms with Gasteiger partial charge in [-0.1, -0.05) is 31.5 Å². The highest BCUT2D eigenvalue weighted by Crippen LogP contribution is 2.09. The van der Waals surface area contributed by atoms with Gasteiger partial charge in [-0.05, 0) is 32.9 Å². The van der Waals surface area contributed by atoms with E-state index < -0.39 is 0 Å². The smallest absolute Gasteiger partial charge is 0.0342 e. The molecule has 0 bridgehead atoms. The molecule has 1 aromatic rings. The Bertz CT molecular complexity index is 211. The molecule has 0 fully saturated rings. The Morgan fingerprint density at radius 2 is 1.46 bits per heavy atom. The molecular weight excluding hydrogens is 158 g/mol. The molecule has 0 radical (unpaired) electrons. The van der Waals surface area contributed by atoms with Gasteiger partial charge in [-0.25, -0.2) is 0 Å². The first kappa shape index (κ1) is 12.0. The van der Waals surface area contributed by atoms with Crippen LogP contribution in [0.25, 0.3) is 0 Å². The van der Waals surface area contributed by atoms with Gasteiger partial charge in [0.25, 0.3) is 0 Å². The number of hydrogen-bond donors (Lipinski definition) is 1. The van der Waals surface area contributed by atoms with E-state index >= 15 is 0 Å². The number of anilines is 1. The minimum Gasteiger partial charge on any atom is -0.383 e. The Labute approximate surface area is 82.2 Å². The first-order valence-electron chi connectivity index (χ1n) is 5.01. The van der Waals surface area contributed by atoms with Gasteiger partial charge in [0, 0.05) is 11.7 Å². The fourth-order valence-corrected chi connectivity index (χ4v) is 0.983. The van der Waals surface area contributed by atoms with E-state index in [2.05, 4.69) is 50.4 Å². The highest BCUT2D eigenvalue weighted by molar-refractivity contribution is 5.44. The fourth-order valence-electron chi connectivity index (χ4n) is 0.983. The van der Waals surface area contributed by atoms with E-state index in [9.17, 15) is 0 Å². The minimum absolute atomic E-state index is 0.512. The minimum atomic E-state index is 0.512. The zero-order valence-electron chi connectivity index (χ0n) is 9.39. The van der Waals surface area contributed by atoms with Crippen LogP contribution in [0.15, 0.2) is 24.3 Å². The standard InChI is InChI=1S/C10H15N.C2H6/c1-8(2)11-10-6-4-9(3)5-7-10;1-2/h4-8,11H,1-3H3;1-2H3. The van der Waals surface area contributed by atoms with Crippen molar-refractivity contribution < 1.29 is 0 Å². The lowest BCUT2D eigenvalue weighted by Gasteiger charge is -2.09. The molecule has 0 atom stereocenters. The van der Waals surface area contributed by atoms with Crippen LogP contribution in [-0.2, 0) is 0 Å². The van der Waals surface area contributed by atoms with E-state index in [0.717, 1.165) is 0 Å². The summed E-state index contributed by atoms with van der Waals surface area (Å²) in [6.07, 6.45) is 0. The number of hydrogen-bond acceptors (Lipinski definition) is 1. The summed E-state index contributed by atoms with van der Waals surface area (Å²) in [5.74, 6) is 0. The van der Waals surface area contributed by atoms with Gasteiger partial charge < -0.3 is 5.32 Å². The van der Waals surface area contributed by atoms with Crippen LogP contribution < -0.4 is 5.32 Å². The van der Waals surface area contributed by atoms with E-state index in [-0.39, 0.29) is 0 Å². The second-order valence-corrected chi connectivity index (χ2v) is 3.17. The molecule has 1 nitrogen and oxygen atoms in total. The molecule has 0 aliphatic heterocycles. The van der Waals surface area contributed by atoms with Crippen LogP contribution in [0, 0.1) is 6.92 Å². The molecule has 74 valence electrons. The molecule has 0 amide bonds. The van der Waals surface area contributed by atoms with Crippen molar-refractivity contribution in [1.82, 2.24) is 0 Å². The van der Waals surface area contributed by atoms with Gasteiger partial charge in [-0.3, -0.25) is 0 Å². The second-order valence-electron chi connectivity index (χ2n) is 3.17. The quantitative estimate of drug-likeness (QED) is 0.727. The second kappa shape index (κ2) is 6.53. The van der Waals surface area contributed by atoms with Gasteiger partial charge >= 0.3 is 0 Å². The predicted octanol–water partition coefficient (Wildman–Crippen LogP) is 3.84. The molecule has 0 heterocycles. The maximum Gasteiger partial charge on any atom is 0.0342 e. The van der Waals surface area contributed by atoms with Gasteiger partial charge in [0.05, 0.1) is 0 Å². The number of nitrogens with one attached hydrogen (secondary N) is 1. The van der Waals surface area contributed by atoms with Crippen molar-refractivity contribution in [3.8, 4) is 0 Å². The average Bonchev–Trinajstić information content (AvgIpc) is 2.12. The van der Waals surface area contributed by atoms with Crippen LogP contribution in [-0.4, -0.2) is 6.04 Å². The monoisotopic (exact) mass is 179 g/mol. The number of aryl methyl sites for hydroxylation is 1. The van der Waals surface area contributed by atoms with Crippen molar-refractivity contribution >= 4 is 5.69 Å². The summed E-state index contributed by atoms with van der Waals surface area (Å²) in [4.78, 5) is 0. The average molecular weight is 179 g/mol. The number of rotatable bonds is 2. The molecule has 1 aromatic carbocycles. The van der Waals surface area contributed by atoms with E-state index in [1.807, 2.05) is 13.8 Å². The molecule has 0 saturated heterocycles. The van der Waals surface area contributed by atoms with E-state index in [0.29, 0.717) is 6.04 Å². The van der Waals surface area contributed by atoms with Gasteiger partial charge in [-0.2, -0.15) is 0 Å². The Morgan fingerprint density at radius 1 is 1.00 bits per heavy atom. The third-order valence-electron chi connectivity index (χ3n) is 1.51. The summed E-state index contributed by atoms with van der Waals surface area (Å²) in [5.41, 5.74) is 2.50. The van der Waals surface area contributed by atoms with E-state index in [1.54, 1.807) is 0 Å². The first-order chi connectivity index (χ1) is 6.18. The van der Waals surface area contributed by atoms with Crippen molar-refractivity contribution in [1.29, 1.82) is 0 Å². The third-order valence-corrected chi connectivity index (χ3v) is 1.51. The van der Waals surface area contributed by atoms with Crippen LogP contribution in [0.5, 0.6) is 0 Å². The highest BCUT2D eigenvalue weighted by Gasteiger charge is 1.92. The SMILES string of the molecule is CC.Cc1ccc(NC(C)C)cc1. The van der Waals surface area contributed by atoms with Crippen LogP contribution in [0.1, 0.15) is 33.3 Å². The molecule has 0 aliphatic rings. The molecule has 0 aliphatic carbocycles. The van der Waals surface area contributed by atoms with Crippen LogP contribution in [0.2, 0.25) is 0 Å². The molecule has 0 spiro atoms. The maximum atomic E-state index is 3.33. The molecule has 1 heteroatoms. The third kappa shape index (κ3) is 5.29. The topological polar surface area (TPSA) is 12.0 Å². The van der Waals surface area contributed by atoms with E-state index in [4.69, 9.17) is 0 Å². The van der Waals surface area contributed by atoms with Gasteiger partial charge in [0.2, 0.25) is 0 Å². The van der Waals surface area contributed by atoms with Gasteiger partial charge in [0.15, 0.2) is 0 Å². The molecule has 1 rings (SSSR count). The fraction of sp³-hybridized carbons (Fsp3) is 0.500.